The van der Waals surface area contributed by atoms with Crippen LogP contribution < -0.4 is 5.32 Å². The summed E-state index contributed by atoms with van der Waals surface area (Å²) in [6.07, 6.45) is 0.288. The van der Waals surface area contributed by atoms with E-state index in [9.17, 15) is 9.59 Å². The van der Waals surface area contributed by atoms with Gasteiger partial charge in [-0.15, -0.1) is 0 Å². The molecule has 7 nitrogen and oxygen atoms in total. The molecule has 2 aromatic rings. The highest BCUT2D eigenvalue weighted by molar-refractivity contribution is 5.93. The van der Waals surface area contributed by atoms with Crippen LogP contribution in [0.25, 0.3) is 11.3 Å². The molecular formula is C21H28N4O3. The van der Waals surface area contributed by atoms with Gasteiger partial charge in [-0.3, -0.25) is 9.59 Å². The van der Waals surface area contributed by atoms with Gasteiger partial charge in [0.25, 0.3) is 5.91 Å². The number of hydrogen-bond acceptors (Lipinski definition) is 5. The van der Waals surface area contributed by atoms with Crippen LogP contribution in [0.15, 0.2) is 22.7 Å². The van der Waals surface area contributed by atoms with Gasteiger partial charge in [-0.1, -0.05) is 22.9 Å². The predicted molar refractivity (Wildman–Crippen MR) is 107 cm³/mol. The van der Waals surface area contributed by atoms with E-state index >= 15 is 0 Å². The second-order valence-corrected chi connectivity index (χ2v) is 7.54. The molecular weight excluding hydrogens is 356 g/mol. The quantitative estimate of drug-likeness (QED) is 0.855. The molecule has 1 aliphatic heterocycles. The molecule has 0 saturated carbocycles. The van der Waals surface area contributed by atoms with Gasteiger partial charge < -0.3 is 19.6 Å². The molecule has 7 heteroatoms. The molecule has 1 fully saturated rings. The van der Waals surface area contributed by atoms with Gasteiger partial charge in [0.2, 0.25) is 5.91 Å². The standard InChI is InChI=1S/C21H28N4O3/c1-14-11-15(2)20(16(3)12-14)18-13-17(23-28-18)21(27)22-6-5-19(26)25-9-7-24(4)8-10-25/h11-13H,5-10H2,1-4H3,(H,22,27). The molecule has 1 saturated heterocycles. The van der Waals surface area contributed by atoms with Gasteiger partial charge in [0, 0.05) is 50.8 Å². The van der Waals surface area contributed by atoms with Crippen molar-refractivity contribution >= 4 is 11.8 Å². The van der Waals surface area contributed by atoms with Crippen molar-refractivity contribution in [1.29, 1.82) is 0 Å². The minimum absolute atomic E-state index is 0.0696. The molecule has 28 heavy (non-hydrogen) atoms. The number of carbonyl (C=O) groups excluding carboxylic acids is 2. The van der Waals surface area contributed by atoms with Crippen LogP contribution in [0.5, 0.6) is 0 Å². The molecule has 0 bridgehead atoms. The average Bonchev–Trinajstić information content (AvgIpc) is 3.11. The van der Waals surface area contributed by atoms with E-state index in [-0.39, 0.29) is 30.5 Å². The lowest BCUT2D eigenvalue weighted by molar-refractivity contribution is -0.132. The second-order valence-electron chi connectivity index (χ2n) is 7.54. The first-order chi connectivity index (χ1) is 13.3. The topological polar surface area (TPSA) is 78.7 Å². The Morgan fingerprint density at radius 3 is 2.36 bits per heavy atom. The number of rotatable bonds is 5. The molecule has 3 rings (SSSR count). The van der Waals surface area contributed by atoms with E-state index in [1.807, 2.05) is 32.7 Å². The predicted octanol–water partition coefficient (Wildman–Crippen LogP) is 2.16. The summed E-state index contributed by atoms with van der Waals surface area (Å²) >= 11 is 0. The summed E-state index contributed by atoms with van der Waals surface area (Å²) in [4.78, 5) is 28.6. The number of nitrogens with zero attached hydrogens (tertiary/aromatic N) is 3. The first-order valence-corrected chi connectivity index (χ1v) is 9.64. The number of aromatic nitrogens is 1. The zero-order chi connectivity index (χ0) is 20.3. The summed E-state index contributed by atoms with van der Waals surface area (Å²) in [5.41, 5.74) is 4.53. The lowest BCUT2D eigenvalue weighted by atomic mass is 9.98. The van der Waals surface area contributed by atoms with Gasteiger partial charge in [0.15, 0.2) is 11.5 Å². The van der Waals surface area contributed by atoms with E-state index in [2.05, 4.69) is 27.5 Å². The van der Waals surface area contributed by atoms with Crippen LogP contribution in [0.4, 0.5) is 0 Å². The zero-order valence-electron chi connectivity index (χ0n) is 17.0. The van der Waals surface area contributed by atoms with Crippen molar-refractivity contribution < 1.29 is 14.1 Å². The fraction of sp³-hybridized carbons (Fsp3) is 0.476. The second kappa shape index (κ2) is 8.56. The van der Waals surface area contributed by atoms with Crippen molar-refractivity contribution in [3.8, 4) is 11.3 Å². The molecule has 0 unspecified atom stereocenters. The van der Waals surface area contributed by atoms with Gasteiger partial charge >= 0.3 is 0 Å². The van der Waals surface area contributed by atoms with Gasteiger partial charge in [0.05, 0.1) is 0 Å². The maximum Gasteiger partial charge on any atom is 0.273 e. The molecule has 0 atom stereocenters. The van der Waals surface area contributed by atoms with Crippen molar-refractivity contribution in [2.75, 3.05) is 39.8 Å². The summed E-state index contributed by atoms with van der Waals surface area (Å²) in [5.74, 6) is 0.317. The van der Waals surface area contributed by atoms with Crippen molar-refractivity contribution in [2.24, 2.45) is 0 Å². The summed E-state index contributed by atoms with van der Waals surface area (Å²) in [7, 11) is 2.05. The van der Waals surface area contributed by atoms with Crippen LogP contribution in [0.2, 0.25) is 0 Å². The van der Waals surface area contributed by atoms with E-state index < -0.39 is 0 Å². The summed E-state index contributed by atoms with van der Waals surface area (Å²) in [6.45, 7) is 9.62. The minimum atomic E-state index is -0.330. The van der Waals surface area contributed by atoms with Crippen LogP contribution in [0.1, 0.15) is 33.6 Å². The molecule has 0 radical (unpaired) electrons. The van der Waals surface area contributed by atoms with Gasteiger partial charge in [-0.05, 0) is 38.9 Å². The normalized spacial score (nSPS) is 14.9. The average molecular weight is 384 g/mol. The van der Waals surface area contributed by atoms with E-state index in [0.29, 0.717) is 5.76 Å². The third kappa shape index (κ3) is 4.59. The molecule has 1 aliphatic rings. The first kappa shape index (κ1) is 20.1. The molecule has 1 N–H and O–H groups in total. The Balaban J connectivity index is 1.56. The van der Waals surface area contributed by atoms with Gasteiger partial charge in [-0.2, -0.15) is 0 Å². The molecule has 150 valence electrons. The first-order valence-electron chi connectivity index (χ1n) is 9.64. The van der Waals surface area contributed by atoms with Gasteiger partial charge in [0.1, 0.15) is 0 Å². The number of amides is 2. The van der Waals surface area contributed by atoms with E-state index in [0.717, 1.165) is 42.9 Å². The van der Waals surface area contributed by atoms with Crippen molar-refractivity contribution in [3.05, 3.63) is 40.6 Å². The number of likely N-dealkylation sites (N-methyl/N-ethyl adjacent to an activating group) is 1. The summed E-state index contributed by atoms with van der Waals surface area (Å²) in [5, 5.41) is 6.67. The molecule has 1 aromatic carbocycles. The van der Waals surface area contributed by atoms with Gasteiger partial charge in [-0.25, -0.2) is 0 Å². The molecule has 2 heterocycles. The smallest absolute Gasteiger partial charge is 0.273 e. The maximum atomic E-state index is 12.3. The Morgan fingerprint density at radius 1 is 1.07 bits per heavy atom. The van der Waals surface area contributed by atoms with Crippen LogP contribution in [-0.2, 0) is 4.79 Å². The van der Waals surface area contributed by atoms with Crippen molar-refractivity contribution in [2.45, 2.75) is 27.2 Å². The van der Waals surface area contributed by atoms with Crippen molar-refractivity contribution in [3.63, 3.8) is 0 Å². The SMILES string of the molecule is Cc1cc(C)c(-c2cc(C(=O)NCCC(=O)N3CCN(C)CC3)no2)c(C)c1. The Hall–Kier alpha value is -2.67. The monoisotopic (exact) mass is 384 g/mol. The fourth-order valence-corrected chi connectivity index (χ4v) is 3.66. The Bertz CT molecular complexity index is 843. The highest BCUT2D eigenvalue weighted by atomic mass is 16.5. The zero-order valence-corrected chi connectivity index (χ0v) is 17.0. The number of piperazine rings is 1. The lowest BCUT2D eigenvalue weighted by Gasteiger charge is -2.32. The number of hydrogen-bond donors (Lipinski definition) is 1. The van der Waals surface area contributed by atoms with Crippen LogP contribution >= 0.6 is 0 Å². The third-order valence-corrected chi connectivity index (χ3v) is 5.15. The van der Waals surface area contributed by atoms with Crippen molar-refractivity contribution in [1.82, 2.24) is 20.3 Å². The fourth-order valence-electron chi connectivity index (χ4n) is 3.66. The van der Waals surface area contributed by atoms with E-state index in [1.54, 1.807) is 6.07 Å². The largest absolute Gasteiger partial charge is 0.355 e. The number of carbonyl (C=O) groups is 2. The Labute approximate surface area is 165 Å². The number of aryl methyl sites for hydroxylation is 3. The summed E-state index contributed by atoms with van der Waals surface area (Å²) < 4.78 is 5.42. The third-order valence-electron chi connectivity index (χ3n) is 5.15. The van der Waals surface area contributed by atoms with Crippen LogP contribution in [-0.4, -0.2) is 66.5 Å². The lowest BCUT2D eigenvalue weighted by Crippen LogP contribution is -2.47. The molecule has 1 aromatic heterocycles. The highest BCUT2D eigenvalue weighted by Crippen LogP contribution is 2.28. The van der Waals surface area contributed by atoms with E-state index in [4.69, 9.17) is 4.52 Å². The summed E-state index contributed by atoms with van der Waals surface area (Å²) in [6, 6.07) is 5.81. The molecule has 0 aliphatic carbocycles. The Morgan fingerprint density at radius 2 is 1.71 bits per heavy atom. The number of nitrogens with one attached hydrogen (secondary N) is 1. The molecule has 0 spiro atoms. The Kier molecular flexibility index (Phi) is 6.14. The van der Waals surface area contributed by atoms with E-state index in [1.165, 1.54) is 5.56 Å². The maximum absolute atomic E-state index is 12.3. The number of benzene rings is 1. The van der Waals surface area contributed by atoms with Crippen LogP contribution in [0, 0.1) is 20.8 Å². The minimum Gasteiger partial charge on any atom is -0.355 e. The molecule has 2 amide bonds. The van der Waals surface area contributed by atoms with Crippen LogP contribution in [0.3, 0.4) is 0 Å². The highest BCUT2D eigenvalue weighted by Gasteiger charge is 2.20.